The van der Waals surface area contributed by atoms with E-state index in [1.165, 1.54) is 6.07 Å². The molecule has 2 aliphatic rings. The van der Waals surface area contributed by atoms with E-state index in [1.54, 1.807) is 48.3 Å². The summed E-state index contributed by atoms with van der Waals surface area (Å²) >= 11 is 0. The average Bonchev–Trinajstić information content (AvgIpc) is 3.48. The molecule has 2 aromatic carbocycles. The molecular formula is C27H26F2N6O3. The van der Waals surface area contributed by atoms with Gasteiger partial charge in [0.05, 0.1) is 16.9 Å². The number of anilines is 1. The third kappa shape index (κ3) is 4.17. The van der Waals surface area contributed by atoms with Crippen molar-refractivity contribution in [3.63, 3.8) is 0 Å². The number of para-hydroxylation sites is 1. The number of nitrogens with zero attached hydrogens (tertiary/aromatic N) is 6. The Morgan fingerprint density at radius 2 is 1.74 bits per heavy atom. The largest absolute Gasteiger partial charge is 0.434 e. The van der Waals surface area contributed by atoms with E-state index in [2.05, 4.69) is 14.9 Å². The van der Waals surface area contributed by atoms with Crippen molar-refractivity contribution in [1.29, 1.82) is 0 Å². The minimum absolute atomic E-state index is 0.0693. The van der Waals surface area contributed by atoms with Gasteiger partial charge in [-0.25, -0.2) is 14.6 Å². The van der Waals surface area contributed by atoms with E-state index in [4.69, 9.17) is 4.74 Å². The van der Waals surface area contributed by atoms with Crippen LogP contribution in [0.5, 0.6) is 5.75 Å². The number of halogens is 2. The van der Waals surface area contributed by atoms with Gasteiger partial charge in [-0.15, -0.1) is 0 Å². The first-order valence-corrected chi connectivity index (χ1v) is 12.5. The SMILES string of the molecule is CC(=O)N1CCN(c2ncc(-c3ccc4c(=O)n5n(c4c3)C(c3ccccc3OC(F)F)CC5)cn2)CC1. The molecule has 0 bridgehead atoms. The van der Waals surface area contributed by atoms with Crippen LogP contribution in [0.1, 0.15) is 24.9 Å². The molecular weight excluding hydrogens is 494 g/mol. The number of aromatic nitrogens is 4. The van der Waals surface area contributed by atoms with Crippen LogP contribution in [0.4, 0.5) is 14.7 Å². The van der Waals surface area contributed by atoms with Gasteiger partial charge in [0.2, 0.25) is 11.9 Å². The smallest absolute Gasteiger partial charge is 0.387 e. The van der Waals surface area contributed by atoms with Crippen LogP contribution >= 0.6 is 0 Å². The molecule has 1 atom stereocenters. The van der Waals surface area contributed by atoms with Crippen molar-refractivity contribution in [2.45, 2.75) is 32.5 Å². The molecule has 1 fully saturated rings. The van der Waals surface area contributed by atoms with E-state index in [1.807, 2.05) is 21.7 Å². The average molecular weight is 521 g/mol. The highest BCUT2D eigenvalue weighted by Crippen LogP contribution is 2.37. The van der Waals surface area contributed by atoms with Gasteiger partial charge < -0.3 is 14.5 Å². The normalized spacial score (nSPS) is 17.3. The Bertz CT molecular complexity index is 1560. The molecule has 0 saturated carbocycles. The Balaban J connectivity index is 1.32. The Kier molecular flexibility index (Phi) is 6.05. The molecule has 0 spiro atoms. The van der Waals surface area contributed by atoms with Gasteiger partial charge in [0.1, 0.15) is 5.75 Å². The van der Waals surface area contributed by atoms with Gasteiger partial charge in [-0.1, -0.05) is 24.3 Å². The van der Waals surface area contributed by atoms with E-state index in [0.717, 1.165) is 11.1 Å². The van der Waals surface area contributed by atoms with E-state index >= 15 is 0 Å². The summed E-state index contributed by atoms with van der Waals surface area (Å²) < 4.78 is 34.5. The Morgan fingerprint density at radius 3 is 2.45 bits per heavy atom. The second kappa shape index (κ2) is 9.55. The number of piperazine rings is 1. The lowest BCUT2D eigenvalue weighted by atomic mass is 10.0. The van der Waals surface area contributed by atoms with Gasteiger partial charge >= 0.3 is 6.61 Å². The molecule has 4 aromatic rings. The molecule has 0 aliphatic carbocycles. The molecule has 196 valence electrons. The monoisotopic (exact) mass is 520 g/mol. The Hall–Kier alpha value is -4.28. The number of ether oxygens (including phenoxy) is 1. The topological polar surface area (TPSA) is 85.5 Å². The molecule has 6 rings (SSSR count). The second-order valence-corrected chi connectivity index (χ2v) is 9.49. The van der Waals surface area contributed by atoms with Crippen LogP contribution in [0.2, 0.25) is 0 Å². The molecule has 0 N–H and O–H groups in total. The summed E-state index contributed by atoms with van der Waals surface area (Å²) in [6, 6.07) is 12.0. The minimum atomic E-state index is -2.94. The number of alkyl halides is 2. The minimum Gasteiger partial charge on any atom is -0.434 e. The van der Waals surface area contributed by atoms with Crippen molar-refractivity contribution in [3.05, 3.63) is 70.8 Å². The number of benzene rings is 2. The summed E-state index contributed by atoms with van der Waals surface area (Å²) in [5, 5.41) is 0.562. The lowest BCUT2D eigenvalue weighted by Crippen LogP contribution is -2.48. The number of hydrogen-bond acceptors (Lipinski definition) is 6. The summed E-state index contributed by atoms with van der Waals surface area (Å²) in [6.45, 7) is 1.73. The maximum absolute atomic E-state index is 13.1. The summed E-state index contributed by atoms with van der Waals surface area (Å²) in [4.78, 5) is 37.7. The maximum Gasteiger partial charge on any atom is 0.387 e. The second-order valence-electron chi connectivity index (χ2n) is 9.49. The number of amides is 1. The Morgan fingerprint density at radius 1 is 1.00 bits per heavy atom. The highest BCUT2D eigenvalue weighted by atomic mass is 19.3. The third-order valence-corrected chi connectivity index (χ3v) is 7.35. The van der Waals surface area contributed by atoms with Crippen LogP contribution in [0.25, 0.3) is 22.0 Å². The van der Waals surface area contributed by atoms with Crippen LogP contribution < -0.4 is 15.2 Å². The van der Waals surface area contributed by atoms with Gasteiger partial charge in [0, 0.05) is 63.2 Å². The molecule has 1 saturated heterocycles. The molecule has 11 heteroatoms. The van der Waals surface area contributed by atoms with Gasteiger partial charge in [-0.3, -0.25) is 14.3 Å². The van der Waals surface area contributed by atoms with Crippen molar-refractivity contribution in [2.75, 3.05) is 31.1 Å². The fourth-order valence-corrected chi connectivity index (χ4v) is 5.46. The summed E-state index contributed by atoms with van der Waals surface area (Å²) in [5.41, 5.74) is 2.85. The molecule has 1 unspecified atom stereocenters. The highest BCUT2D eigenvalue weighted by molar-refractivity contribution is 5.84. The lowest BCUT2D eigenvalue weighted by Gasteiger charge is -2.34. The zero-order valence-corrected chi connectivity index (χ0v) is 20.8. The van der Waals surface area contributed by atoms with Crippen molar-refractivity contribution in [2.24, 2.45) is 0 Å². The van der Waals surface area contributed by atoms with Crippen LogP contribution in [0.3, 0.4) is 0 Å². The fourth-order valence-electron chi connectivity index (χ4n) is 5.46. The molecule has 4 heterocycles. The molecule has 2 aromatic heterocycles. The summed E-state index contributed by atoms with van der Waals surface area (Å²) in [7, 11) is 0. The highest BCUT2D eigenvalue weighted by Gasteiger charge is 2.30. The standard InChI is InChI=1S/C27H26F2N6O3/c1-17(36)32-10-12-33(13-11-32)27-30-15-19(16-31-27)18-6-7-21-23(14-18)35-22(8-9-34(35)25(21)37)20-4-2-3-5-24(20)38-26(28)29/h2-7,14-16,22,26H,8-13H2,1H3. The zero-order chi connectivity index (χ0) is 26.4. The maximum atomic E-state index is 13.1. The zero-order valence-electron chi connectivity index (χ0n) is 20.8. The lowest BCUT2D eigenvalue weighted by molar-refractivity contribution is -0.129. The van der Waals surface area contributed by atoms with E-state index in [9.17, 15) is 18.4 Å². The predicted molar refractivity (Wildman–Crippen MR) is 138 cm³/mol. The molecule has 38 heavy (non-hydrogen) atoms. The number of fused-ring (bicyclic) bond motifs is 3. The van der Waals surface area contributed by atoms with Crippen molar-refractivity contribution in [3.8, 4) is 16.9 Å². The van der Waals surface area contributed by atoms with Crippen LogP contribution in [0.15, 0.2) is 59.7 Å². The van der Waals surface area contributed by atoms with Gasteiger partial charge in [-0.05, 0) is 30.2 Å². The first-order chi connectivity index (χ1) is 18.4. The van der Waals surface area contributed by atoms with Gasteiger partial charge in [-0.2, -0.15) is 8.78 Å². The van der Waals surface area contributed by atoms with Crippen molar-refractivity contribution >= 4 is 22.8 Å². The Labute approximate surface area is 216 Å². The van der Waals surface area contributed by atoms with Crippen LogP contribution in [0, 0.1) is 0 Å². The van der Waals surface area contributed by atoms with E-state index < -0.39 is 6.61 Å². The number of hydrogen-bond donors (Lipinski definition) is 0. The molecule has 1 amide bonds. The summed E-state index contributed by atoms with van der Waals surface area (Å²) in [6.07, 6.45) is 4.10. The van der Waals surface area contributed by atoms with Crippen LogP contribution in [-0.2, 0) is 11.3 Å². The summed E-state index contributed by atoms with van der Waals surface area (Å²) in [5.74, 6) is 0.786. The van der Waals surface area contributed by atoms with Gasteiger partial charge in [0.15, 0.2) is 0 Å². The van der Waals surface area contributed by atoms with E-state index in [0.29, 0.717) is 61.6 Å². The fraction of sp³-hybridized carbons (Fsp3) is 0.333. The third-order valence-electron chi connectivity index (χ3n) is 7.35. The quantitative estimate of drug-likeness (QED) is 0.400. The molecule has 9 nitrogen and oxygen atoms in total. The van der Waals surface area contributed by atoms with Crippen molar-refractivity contribution in [1.82, 2.24) is 24.2 Å². The number of rotatable bonds is 5. The first-order valence-electron chi connectivity index (χ1n) is 12.5. The van der Waals surface area contributed by atoms with Crippen LogP contribution in [-0.4, -0.2) is 62.9 Å². The molecule has 2 aliphatic heterocycles. The van der Waals surface area contributed by atoms with E-state index in [-0.39, 0.29) is 23.3 Å². The predicted octanol–water partition coefficient (Wildman–Crippen LogP) is 3.52. The van der Waals surface area contributed by atoms with Gasteiger partial charge in [0.25, 0.3) is 5.56 Å². The number of carbonyl (C=O) groups excluding carboxylic acids is 1. The molecule has 0 radical (unpaired) electrons. The van der Waals surface area contributed by atoms with Crippen molar-refractivity contribution < 1.29 is 18.3 Å². The first kappa shape index (κ1) is 24.1. The number of carbonyl (C=O) groups is 1.